The molecule has 0 spiro atoms. The summed E-state index contributed by atoms with van der Waals surface area (Å²) in [6.07, 6.45) is 1.36. The monoisotopic (exact) mass is 285 g/mol. The number of aliphatic hydroxyl groups is 1. The fourth-order valence-corrected chi connectivity index (χ4v) is 1.83. The lowest BCUT2D eigenvalue weighted by Gasteiger charge is -2.09. The van der Waals surface area contributed by atoms with Gasteiger partial charge in [0.1, 0.15) is 11.3 Å². The van der Waals surface area contributed by atoms with E-state index in [9.17, 15) is 9.90 Å². The minimum atomic E-state index is -0.752. The zero-order valence-corrected chi connectivity index (χ0v) is 11.8. The van der Waals surface area contributed by atoms with Crippen LogP contribution in [-0.4, -0.2) is 33.4 Å². The quantitative estimate of drug-likeness (QED) is 0.389. The third-order valence-electron chi connectivity index (χ3n) is 2.78. The highest BCUT2D eigenvalue weighted by Crippen LogP contribution is 2.18. The number of aromatic nitrogens is 2. The lowest BCUT2D eigenvalue weighted by molar-refractivity contribution is -0.137. The summed E-state index contributed by atoms with van der Waals surface area (Å²) < 4.78 is 4.85. The molecule has 2 rings (SSSR count). The molecule has 0 amide bonds. The summed E-state index contributed by atoms with van der Waals surface area (Å²) in [5.41, 5.74) is 1.09. The van der Waals surface area contributed by atoms with Crippen LogP contribution in [0.4, 0.5) is 0 Å². The number of ether oxygens (including phenoxy) is 1. The van der Waals surface area contributed by atoms with Crippen LogP contribution in [-0.2, 0) is 9.53 Å². The molecule has 0 saturated heterocycles. The zero-order chi connectivity index (χ0) is 15.4. The molecule has 0 radical (unpaired) electrons. The van der Waals surface area contributed by atoms with Crippen LogP contribution in [0.3, 0.4) is 0 Å². The zero-order valence-electron chi connectivity index (χ0n) is 11.8. The van der Waals surface area contributed by atoms with Crippen molar-refractivity contribution in [2.75, 3.05) is 6.61 Å². The van der Waals surface area contributed by atoms with Crippen molar-refractivity contribution in [3.8, 4) is 0 Å². The summed E-state index contributed by atoms with van der Waals surface area (Å²) in [5.74, 6) is -1.16. The lowest BCUT2D eigenvalue weighted by atomic mass is 10.1. The van der Waals surface area contributed by atoms with Gasteiger partial charge in [-0.2, -0.15) is 0 Å². The van der Waals surface area contributed by atoms with E-state index in [2.05, 4.69) is 9.97 Å². The molecule has 1 aromatic carbocycles. The predicted octanol–water partition coefficient (Wildman–Crippen LogP) is 2.50. The molecule has 21 heavy (non-hydrogen) atoms. The van der Waals surface area contributed by atoms with Crippen LogP contribution in [0.15, 0.2) is 36.0 Å². The molecule has 0 saturated carbocycles. The standard InChI is InChI=1S/C15H15N3O3/c1-3-21-15(20)13(9(2)16)14(19)12-8-17-10-6-4-5-7-11(10)18-12/h4-8,16,19H,3H2,1-2H3/b14-13+,16-9?. The molecule has 2 aromatic rings. The molecule has 108 valence electrons. The van der Waals surface area contributed by atoms with Gasteiger partial charge in [0, 0.05) is 5.71 Å². The molecule has 0 fully saturated rings. The Balaban J connectivity index is 2.55. The Morgan fingerprint density at radius 3 is 2.62 bits per heavy atom. The maximum Gasteiger partial charge on any atom is 0.343 e. The van der Waals surface area contributed by atoms with Crippen LogP contribution in [0.5, 0.6) is 0 Å². The number of nitrogens with zero attached hydrogens (tertiary/aromatic N) is 2. The molecule has 1 heterocycles. The highest BCUT2D eigenvalue weighted by molar-refractivity contribution is 6.22. The van der Waals surface area contributed by atoms with Gasteiger partial charge in [-0.25, -0.2) is 9.78 Å². The number of aliphatic hydroxyl groups excluding tert-OH is 1. The van der Waals surface area contributed by atoms with E-state index in [0.29, 0.717) is 11.0 Å². The Hall–Kier alpha value is -2.76. The van der Waals surface area contributed by atoms with Gasteiger partial charge in [0.05, 0.1) is 23.8 Å². The maximum atomic E-state index is 11.8. The summed E-state index contributed by atoms with van der Waals surface area (Å²) >= 11 is 0. The van der Waals surface area contributed by atoms with Gasteiger partial charge in [-0.1, -0.05) is 12.1 Å². The Morgan fingerprint density at radius 2 is 2.00 bits per heavy atom. The van der Waals surface area contributed by atoms with E-state index in [4.69, 9.17) is 10.1 Å². The molecule has 0 bridgehead atoms. The number of rotatable bonds is 4. The number of carbonyl (C=O) groups is 1. The second-order valence-corrected chi connectivity index (χ2v) is 4.31. The Kier molecular flexibility index (Phi) is 4.27. The normalized spacial score (nSPS) is 11.9. The first-order valence-corrected chi connectivity index (χ1v) is 6.42. The minimum Gasteiger partial charge on any atom is -0.505 e. The van der Waals surface area contributed by atoms with Crippen LogP contribution in [0.2, 0.25) is 0 Å². The number of esters is 1. The van der Waals surface area contributed by atoms with Gasteiger partial charge in [-0.05, 0) is 26.0 Å². The number of benzene rings is 1. The molecule has 6 heteroatoms. The average molecular weight is 285 g/mol. The van der Waals surface area contributed by atoms with E-state index < -0.39 is 11.7 Å². The molecular formula is C15H15N3O3. The maximum absolute atomic E-state index is 11.8. The fraction of sp³-hybridized carbons (Fsp3) is 0.200. The van der Waals surface area contributed by atoms with Crippen LogP contribution in [0, 0.1) is 5.41 Å². The summed E-state index contributed by atoms with van der Waals surface area (Å²) in [7, 11) is 0. The first-order chi connectivity index (χ1) is 10.0. The third-order valence-corrected chi connectivity index (χ3v) is 2.78. The van der Waals surface area contributed by atoms with Crippen LogP contribution in [0.25, 0.3) is 16.8 Å². The molecule has 0 aliphatic heterocycles. The Bertz CT molecular complexity index is 738. The summed E-state index contributed by atoms with van der Waals surface area (Å²) in [6, 6.07) is 7.18. The van der Waals surface area contributed by atoms with Crippen LogP contribution in [0.1, 0.15) is 19.5 Å². The van der Waals surface area contributed by atoms with Crippen molar-refractivity contribution in [2.24, 2.45) is 0 Å². The third kappa shape index (κ3) is 3.05. The topological polar surface area (TPSA) is 96.2 Å². The van der Waals surface area contributed by atoms with Gasteiger partial charge in [0.15, 0.2) is 5.76 Å². The highest BCUT2D eigenvalue weighted by atomic mass is 16.5. The summed E-state index contributed by atoms with van der Waals surface area (Å²) in [4.78, 5) is 20.3. The first-order valence-electron chi connectivity index (χ1n) is 6.42. The van der Waals surface area contributed by atoms with E-state index in [-0.39, 0.29) is 23.6 Å². The Labute approximate surface area is 121 Å². The van der Waals surface area contributed by atoms with Crippen molar-refractivity contribution in [3.63, 3.8) is 0 Å². The van der Waals surface area contributed by atoms with Crippen molar-refractivity contribution in [2.45, 2.75) is 13.8 Å². The molecule has 0 aliphatic carbocycles. The van der Waals surface area contributed by atoms with Gasteiger partial charge in [-0.15, -0.1) is 0 Å². The second kappa shape index (κ2) is 6.13. The SMILES string of the molecule is CCOC(=O)/C(C(C)=N)=C(/O)c1cnc2ccccc2n1. The fourth-order valence-electron chi connectivity index (χ4n) is 1.83. The number of para-hydroxylation sites is 2. The van der Waals surface area contributed by atoms with Crippen LogP contribution < -0.4 is 0 Å². The van der Waals surface area contributed by atoms with E-state index in [1.807, 2.05) is 6.07 Å². The molecule has 1 aromatic heterocycles. The summed E-state index contributed by atoms with van der Waals surface area (Å²) in [6.45, 7) is 3.21. The largest absolute Gasteiger partial charge is 0.505 e. The molecule has 2 N–H and O–H groups in total. The highest BCUT2D eigenvalue weighted by Gasteiger charge is 2.21. The molecule has 6 nitrogen and oxygen atoms in total. The van der Waals surface area contributed by atoms with Gasteiger partial charge in [0.25, 0.3) is 0 Å². The number of fused-ring (bicyclic) bond motifs is 1. The van der Waals surface area contributed by atoms with Crippen molar-refractivity contribution >= 4 is 28.5 Å². The smallest absolute Gasteiger partial charge is 0.343 e. The minimum absolute atomic E-state index is 0.0964. The van der Waals surface area contributed by atoms with E-state index in [1.165, 1.54) is 13.1 Å². The van der Waals surface area contributed by atoms with Gasteiger partial charge < -0.3 is 15.3 Å². The number of nitrogens with one attached hydrogen (secondary N) is 1. The van der Waals surface area contributed by atoms with Crippen molar-refractivity contribution in [1.29, 1.82) is 5.41 Å². The van der Waals surface area contributed by atoms with Gasteiger partial charge in [0.2, 0.25) is 0 Å². The van der Waals surface area contributed by atoms with E-state index >= 15 is 0 Å². The average Bonchev–Trinajstić information content (AvgIpc) is 2.46. The predicted molar refractivity (Wildman–Crippen MR) is 79.1 cm³/mol. The molecule has 0 aliphatic rings. The number of hydrogen-bond acceptors (Lipinski definition) is 6. The van der Waals surface area contributed by atoms with Gasteiger partial charge in [-0.3, -0.25) is 4.98 Å². The molecular weight excluding hydrogens is 270 g/mol. The molecule has 0 atom stereocenters. The first kappa shape index (κ1) is 14.6. The van der Waals surface area contributed by atoms with Crippen molar-refractivity contribution in [1.82, 2.24) is 9.97 Å². The van der Waals surface area contributed by atoms with Crippen molar-refractivity contribution in [3.05, 3.63) is 41.7 Å². The van der Waals surface area contributed by atoms with Gasteiger partial charge >= 0.3 is 5.97 Å². The number of hydrogen-bond donors (Lipinski definition) is 2. The Morgan fingerprint density at radius 1 is 1.33 bits per heavy atom. The summed E-state index contributed by atoms with van der Waals surface area (Å²) in [5, 5.41) is 17.9. The molecule has 0 unspecified atom stereocenters. The van der Waals surface area contributed by atoms with Crippen molar-refractivity contribution < 1.29 is 14.6 Å². The van der Waals surface area contributed by atoms with E-state index in [1.54, 1.807) is 25.1 Å². The number of carbonyl (C=O) groups excluding carboxylic acids is 1. The lowest BCUT2D eigenvalue weighted by Crippen LogP contribution is -2.16. The second-order valence-electron chi connectivity index (χ2n) is 4.31. The van der Waals surface area contributed by atoms with E-state index in [0.717, 1.165) is 0 Å². The van der Waals surface area contributed by atoms with Crippen LogP contribution >= 0.6 is 0 Å².